The van der Waals surface area contributed by atoms with Gasteiger partial charge < -0.3 is 19.8 Å². The van der Waals surface area contributed by atoms with Crippen molar-refractivity contribution in [1.29, 1.82) is 0 Å². The average Bonchev–Trinajstić information content (AvgIpc) is 2.48. The first-order valence-corrected chi connectivity index (χ1v) is 6.92. The number of aromatic nitrogens is 1. The van der Waals surface area contributed by atoms with Crippen LogP contribution in [0.5, 0.6) is 5.75 Å². The van der Waals surface area contributed by atoms with Crippen molar-refractivity contribution in [3.8, 4) is 5.75 Å². The summed E-state index contributed by atoms with van der Waals surface area (Å²) in [7, 11) is 0. The Morgan fingerprint density at radius 2 is 2.32 bits per heavy atom. The Kier molecular flexibility index (Phi) is 3.27. The zero-order valence-corrected chi connectivity index (χ0v) is 12.2. The molecule has 0 saturated carbocycles. The smallest absolute Gasteiger partial charge is 0.343 e. The third-order valence-electron chi connectivity index (χ3n) is 3.70. The van der Waals surface area contributed by atoms with Gasteiger partial charge in [-0.3, -0.25) is 4.79 Å². The number of pyridine rings is 1. The number of nitrogens with two attached hydrogens (primary N) is 1. The molecule has 1 aromatic carbocycles. The molecule has 6 nitrogen and oxygen atoms in total. The van der Waals surface area contributed by atoms with E-state index in [9.17, 15) is 14.0 Å². The van der Waals surface area contributed by atoms with Gasteiger partial charge in [0.25, 0.3) is 0 Å². The highest BCUT2D eigenvalue weighted by Crippen LogP contribution is 2.37. The largest absolute Gasteiger partial charge is 0.487 e. The Bertz CT molecular complexity index is 844. The minimum absolute atomic E-state index is 0.0544. The second-order valence-corrected chi connectivity index (χ2v) is 5.16. The predicted octanol–water partition coefficient (Wildman–Crippen LogP) is 1.85. The number of carbonyl (C=O) groups excluding carboxylic acids is 1. The fraction of sp³-hybridized carbons (Fsp3) is 0.333. The quantitative estimate of drug-likeness (QED) is 0.676. The van der Waals surface area contributed by atoms with Gasteiger partial charge in [0.2, 0.25) is 5.43 Å². The molecular weight excluding hydrogens is 291 g/mol. The molecule has 0 unspecified atom stereocenters. The van der Waals surface area contributed by atoms with Crippen LogP contribution in [0, 0.1) is 5.82 Å². The van der Waals surface area contributed by atoms with Crippen molar-refractivity contribution in [1.82, 2.24) is 4.57 Å². The van der Waals surface area contributed by atoms with Crippen LogP contribution in [0.4, 0.5) is 10.1 Å². The summed E-state index contributed by atoms with van der Waals surface area (Å²) >= 11 is 0. The third-order valence-corrected chi connectivity index (χ3v) is 3.70. The Morgan fingerprint density at radius 1 is 1.59 bits per heavy atom. The van der Waals surface area contributed by atoms with Gasteiger partial charge in [-0.25, -0.2) is 9.18 Å². The number of hydrogen-bond donors (Lipinski definition) is 1. The van der Waals surface area contributed by atoms with Crippen LogP contribution in [-0.4, -0.2) is 23.8 Å². The van der Waals surface area contributed by atoms with Crippen LogP contribution in [0.2, 0.25) is 0 Å². The van der Waals surface area contributed by atoms with Crippen LogP contribution in [0.3, 0.4) is 0 Å². The molecule has 0 radical (unpaired) electrons. The van der Waals surface area contributed by atoms with Crippen LogP contribution in [0.25, 0.3) is 10.9 Å². The van der Waals surface area contributed by atoms with Gasteiger partial charge in [-0.15, -0.1) is 0 Å². The molecule has 1 aliphatic heterocycles. The van der Waals surface area contributed by atoms with Crippen LogP contribution in [-0.2, 0) is 4.74 Å². The topological polar surface area (TPSA) is 83.5 Å². The number of nitrogens with zero attached hydrogens (tertiary/aromatic N) is 1. The molecule has 1 aliphatic rings. The van der Waals surface area contributed by atoms with Crippen LogP contribution < -0.4 is 15.9 Å². The van der Waals surface area contributed by atoms with E-state index in [0.29, 0.717) is 5.52 Å². The molecule has 1 atom stereocenters. The van der Waals surface area contributed by atoms with E-state index in [4.69, 9.17) is 15.2 Å². The highest BCUT2D eigenvalue weighted by atomic mass is 19.1. The van der Waals surface area contributed by atoms with Crippen molar-refractivity contribution in [3.63, 3.8) is 0 Å². The number of hydrogen-bond acceptors (Lipinski definition) is 5. The van der Waals surface area contributed by atoms with Crippen LogP contribution >= 0.6 is 0 Å². The van der Waals surface area contributed by atoms with Gasteiger partial charge in [0.15, 0.2) is 11.6 Å². The predicted molar refractivity (Wildman–Crippen MR) is 78.7 cm³/mol. The van der Waals surface area contributed by atoms with Crippen molar-refractivity contribution < 1.29 is 18.7 Å². The Labute approximate surface area is 125 Å². The second kappa shape index (κ2) is 5.01. The minimum atomic E-state index is -0.748. The number of esters is 1. The summed E-state index contributed by atoms with van der Waals surface area (Å²) in [5.41, 5.74) is 5.23. The Balaban J connectivity index is 2.42. The van der Waals surface area contributed by atoms with E-state index in [1.54, 1.807) is 11.5 Å². The summed E-state index contributed by atoms with van der Waals surface area (Å²) in [6.07, 6.45) is 1.43. The third kappa shape index (κ3) is 1.93. The standard InChI is InChI=1S/C15H15FN2O4/c1-3-21-15(20)9-5-18-7(2)6-22-14-11(17)10(16)4-8(12(14)18)13(9)19/h4-5,7H,3,6,17H2,1-2H3/t7-/m0/s1. The first kappa shape index (κ1) is 14.4. The number of carbonyl (C=O) groups is 1. The average molecular weight is 306 g/mol. The van der Waals surface area contributed by atoms with E-state index in [-0.39, 0.29) is 41.6 Å². The van der Waals surface area contributed by atoms with E-state index < -0.39 is 17.2 Å². The van der Waals surface area contributed by atoms with Crippen molar-refractivity contribution in [2.24, 2.45) is 0 Å². The summed E-state index contributed by atoms with van der Waals surface area (Å²) in [6, 6.07) is 0.908. The number of halogens is 1. The van der Waals surface area contributed by atoms with Gasteiger partial charge in [-0.05, 0) is 19.9 Å². The lowest BCUT2D eigenvalue weighted by atomic mass is 10.1. The number of ether oxygens (including phenoxy) is 2. The number of rotatable bonds is 2. The molecule has 2 heterocycles. The molecule has 2 aromatic rings. The van der Waals surface area contributed by atoms with Gasteiger partial charge >= 0.3 is 5.97 Å². The lowest BCUT2D eigenvalue weighted by Gasteiger charge is -2.27. The van der Waals surface area contributed by atoms with Crippen LogP contribution in [0.15, 0.2) is 17.1 Å². The number of anilines is 1. The van der Waals surface area contributed by atoms with Gasteiger partial charge in [-0.2, -0.15) is 0 Å². The highest BCUT2D eigenvalue weighted by molar-refractivity contribution is 5.97. The van der Waals surface area contributed by atoms with E-state index in [1.165, 1.54) is 6.20 Å². The molecule has 0 amide bonds. The maximum absolute atomic E-state index is 13.9. The first-order chi connectivity index (χ1) is 10.5. The van der Waals surface area contributed by atoms with Crippen molar-refractivity contribution in [3.05, 3.63) is 33.9 Å². The lowest BCUT2D eigenvalue weighted by molar-refractivity contribution is 0.0523. The normalized spacial score (nSPS) is 16.4. The van der Waals surface area contributed by atoms with E-state index in [2.05, 4.69) is 0 Å². The Hall–Kier alpha value is -2.57. The summed E-state index contributed by atoms with van der Waals surface area (Å²) in [6.45, 7) is 3.92. The van der Waals surface area contributed by atoms with Crippen LogP contribution in [0.1, 0.15) is 30.2 Å². The molecule has 0 fully saturated rings. The summed E-state index contributed by atoms with van der Waals surface area (Å²) in [5, 5.41) is 0.0544. The monoisotopic (exact) mass is 306 g/mol. The summed E-state index contributed by atoms with van der Waals surface area (Å²) in [5.74, 6) is -1.34. The summed E-state index contributed by atoms with van der Waals surface area (Å²) in [4.78, 5) is 24.4. The molecule has 0 bridgehead atoms. The lowest BCUT2D eigenvalue weighted by Crippen LogP contribution is -2.27. The molecule has 0 aliphatic carbocycles. The maximum Gasteiger partial charge on any atom is 0.343 e. The first-order valence-electron chi connectivity index (χ1n) is 6.92. The Morgan fingerprint density at radius 3 is 3.00 bits per heavy atom. The fourth-order valence-corrected chi connectivity index (χ4v) is 2.60. The molecule has 0 saturated heterocycles. The number of nitrogen functional groups attached to an aromatic ring is 1. The van der Waals surface area contributed by atoms with E-state index in [1.807, 2.05) is 6.92 Å². The van der Waals surface area contributed by atoms with Gasteiger partial charge in [0, 0.05) is 6.20 Å². The zero-order chi connectivity index (χ0) is 16.0. The van der Waals surface area contributed by atoms with E-state index >= 15 is 0 Å². The zero-order valence-electron chi connectivity index (χ0n) is 12.2. The maximum atomic E-state index is 13.9. The molecular formula is C15H15FN2O4. The molecule has 7 heteroatoms. The molecule has 1 aromatic heterocycles. The number of benzene rings is 1. The molecule has 116 valence electrons. The minimum Gasteiger partial charge on any atom is -0.487 e. The van der Waals surface area contributed by atoms with Crippen molar-refractivity contribution in [2.45, 2.75) is 19.9 Å². The van der Waals surface area contributed by atoms with Gasteiger partial charge in [0.05, 0.1) is 23.6 Å². The molecule has 3 rings (SSSR count). The molecule has 22 heavy (non-hydrogen) atoms. The summed E-state index contributed by atoms with van der Waals surface area (Å²) < 4.78 is 26.0. The highest BCUT2D eigenvalue weighted by Gasteiger charge is 2.27. The van der Waals surface area contributed by atoms with E-state index in [0.717, 1.165) is 6.07 Å². The fourth-order valence-electron chi connectivity index (χ4n) is 2.60. The molecule has 0 spiro atoms. The second-order valence-electron chi connectivity index (χ2n) is 5.16. The van der Waals surface area contributed by atoms with Gasteiger partial charge in [0.1, 0.15) is 17.9 Å². The SMILES string of the molecule is CCOC(=O)c1cn2c3c(c(N)c(F)cc3c1=O)OC[C@@H]2C. The van der Waals surface area contributed by atoms with Gasteiger partial charge in [-0.1, -0.05) is 0 Å². The van der Waals surface area contributed by atoms with Crippen molar-refractivity contribution in [2.75, 3.05) is 18.9 Å². The van der Waals surface area contributed by atoms with Crippen molar-refractivity contribution >= 4 is 22.6 Å². The molecule has 2 N–H and O–H groups in total.